The van der Waals surface area contributed by atoms with Crippen molar-refractivity contribution in [3.63, 3.8) is 0 Å². The summed E-state index contributed by atoms with van der Waals surface area (Å²) in [5.74, 6) is 0.656. The summed E-state index contributed by atoms with van der Waals surface area (Å²) in [4.78, 5) is 12.7. The van der Waals surface area contributed by atoms with Crippen LogP contribution in [0.25, 0.3) is 0 Å². The first-order chi connectivity index (χ1) is 15.3. The van der Waals surface area contributed by atoms with Crippen LogP contribution in [0.15, 0.2) is 76.9 Å². The summed E-state index contributed by atoms with van der Waals surface area (Å²) < 4.78 is 43.2. The standard InChI is InChI=1S/C23H24N2O6S/c1-15-8-10-18(11-9-15)32(27,28)25-23(26)19-7-5-6-16(19)14-24-17-12-20(29-2)22(31-4)21(13-17)30-3/h5-14,24H,1-4H3,(H,25,26)/b16-14+. The molecular weight excluding hydrogens is 432 g/mol. The number of allylic oxidation sites excluding steroid dienone is 3. The zero-order chi connectivity index (χ0) is 23.3. The van der Waals surface area contributed by atoms with Gasteiger partial charge in [-0.1, -0.05) is 29.8 Å². The second-order valence-electron chi connectivity index (χ2n) is 6.85. The molecule has 1 aliphatic carbocycles. The van der Waals surface area contributed by atoms with Gasteiger partial charge in [-0.3, -0.25) is 4.79 Å². The highest BCUT2D eigenvalue weighted by atomic mass is 32.2. The summed E-state index contributed by atoms with van der Waals surface area (Å²) in [6, 6.07) is 9.67. The van der Waals surface area contributed by atoms with Gasteiger partial charge in [0.15, 0.2) is 11.5 Å². The Bertz CT molecular complexity index is 1190. The minimum atomic E-state index is -3.99. The maximum atomic E-state index is 12.7. The highest BCUT2D eigenvalue weighted by Gasteiger charge is 2.23. The number of carbonyl (C=O) groups excluding carboxylic acids is 1. The molecule has 0 fully saturated rings. The predicted octanol–water partition coefficient (Wildman–Crippen LogP) is 3.32. The third-order valence-corrected chi connectivity index (χ3v) is 6.06. The smallest absolute Gasteiger partial charge is 0.265 e. The van der Waals surface area contributed by atoms with Crippen LogP contribution in [0.5, 0.6) is 17.2 Å². The molecule has 0 bridgehead atoms. The zero-order valence-electron chi connectivity index (χ0n) is 18.1. The van der Waals surface area contributed by atoms with Crippen molar-refractivity contribution in [3.8, 4) is 17.2 Å². The number of sulfonamides is 1. The number of hydrogen-bond donors (Lipinski definition) is 2. The van der Waals surface area contributed by atoms with Gasteiger partial charge in [0, 0.05) is 35.2 Å². The van der Waals surface area contributed by atoms with Crippen LogP contribution in [-0.4, -0.2) is 35.7 Å². The molecule has 0 atom stereocenters. The molecule has 0 unspecified atom stereocenters. The minimum Gasteiger partial charge on any atom is -0.493 e. The van der Waals surface area contributed by atoms with Crippen LogP contribution < -0.4 is 24.2 Å². The molecule has 2 aromatic rings. The van der Waals surface area contributed by atoms with E-state index >= 15 is 0 Å². The third-order valence-electron chi connectivity index (χ3n) is 4.71. The van der Waals surface area contributed by atoms with Crippen molar-refractivity contribution < 1.29 is 27.4 Å². The van der Waals surface area contributed by atoms with Crippen LogP contribution in [0.4, 0.5) is 5.69 Å². The van der Waals surface area contributed by atoms with Gasteiger partial charge in [-0.25, -0.2) is 13.1 Å². The van der Waals surface area contributed by atoms with Crippen LogP contribution >= 0.6 is 0 Å². The lowest BCUT2D eigenvalue weighted by atomic mass is 10.1. The summed E-state index contributed by atoms with van der Waals surface area (Å²) in [6.45, 7) is 1.85. The molecule has 8 nitrogen and oxygen atoms in total. The molecule has 168 valence electrons. The van der Waals surface area contributed by atoms with Gasteiger partial charge in [0.05, 0.1) is 26.2 Å². The molecule has 0 spiro atoms. The molecule has 1 amide bonds. The number of ether oxygens (including phenoxy) is 3. The first-order valence-electron chi connectivity index (χ1n) is 9.58. The summed E-state index contributed by atoms with van der Waals surface area (Å²) in [6.07, 6.45) is 6.49. The SMILES string of the molecule is COc1cc(N/C=C2\C=CC=C2C(=O)NS(=O)(=O)c2ccc(C)cc2)cc(OC)c1OC. The normalized spacial score (nSPS) is 14.1. The fourth-order valence-electron chi connectivity index (χ4n) is 3.05. The maximum absolute atomic E-state index is 12.7. The molecular formula is C23H24N2O6S. The largest absolute Gasteiger partial charge is 0.493 e. The molecule has 0 radical (unpaired) electrons. The Morgan fingerprint density at radius 3 is 2.16 bits per heavy atom. The van der Waals surface area contributed by atoms with Gasteiger partial charge < -0.3 is 19.5 Å². The summed E-state index contributed by atoms with van der Waals surface area (Å²) in [5, 5.41) is 3.07. The van der Waals surface area contributed by atoms with E-state index in [2.05, 4.69) is 10.0 Å². The van der Waals surface area contributed by atoms with Crippen LogP contribution in [0, 0.1) is 6.92 Å². The summed E-state index contributed by atoms with van der Waals surface area (Å²) in [7, 11) is 0.546. The van der Waals surface area contributed by atoms with Crippen molar-refractivity contribution in [2.45, 2.75) is 11.8 Å². The fourth-order valence-corrected chi connectivity index (χ4v) is 4.01. The Kier molecular flexibility index (Phi) is 6.89. The van der Waals surface area contributed by atoms with Crippen molar-refractivity contribution in [1.29, 1.82) is 0 Å². The minimum absolute atomic E-state index is 0.0177. The van der Waals surface area contributed by atoms with Gasteiger partial charge in [0.2, 0.25) is 5.75 Å². The molecule has 32 heavy (non-hydrogen) atoms. The molecule has 0 saturated heterocycles. The van der Waals surface area contributed by atoms with Gasteiger partial charge in [0.25, 0.3) is 15.9 Å². The van der Waals surface area contributed by atoms with Gasteiger partial charge in [-0.05, 0) is 25.1 Å². The van der Waals surface area contributed by atoms with E-state index in [0.29, 0.717) is 28.5 Å². The first-order valence-corrected chi connectivity index (χ1v) is 11.1. The number of nitrogens with one attached hydrogen (secondary N) is 2. The molecule has 0 saturated carbocycles. The lowest BCUT2D eigenvalue weighted by Gasteiger charge is -2.14. The Balaban J connectivity index is 1.78. The quantitative estimate of drug-likeness (QED) is 0.628. The van der Waals surface area contributed by atoms with Crippen molar-refractivity contribution in [2.75, 3.05) is 26.6 Å². The summed E-state index contributed by atoms with van der Waals surface area (Å²) >= 11 is 0. The predicted molar refractivity (Wildman–Crippen MR) is 122 cm³/mol. The van der Waals surface area contributed by atoms with Crippen molar-refractivity contribution in [2.24, 2.45) is 0 Å². The number of hydrogen-bond acceptors (Lipinski definition) is 7. The van der Waals surface area contributed by atoms with E-state index in [1.807, 2.05) is 6.92 Å². The lowest BCUT2D eigenvalue weighted by Crippen LogP contribution is -2.31. The van der Waals surface area contributed by atoms with Crippen LogP contribution in [-0.2, 0) is 14.8 Å². The molecule has 3 rings (SSSR count). The van der Waals surface area contributed by atoms with Crippen molar-refractivity contribution in [1.82, 2.24) is 4.72 Å². The van der Waals surface area contributed by atoms with Gasteiger partial charge >= 0.3 is 0 Å². The van der Waals surface area contributed by atoms with E-state index in [-0.39, 0.29) is 10.5 Å². The second-order valence-corrected chi connectivity index (χ2v) is 8.53. The molecule has 1 aliphatic rings. The molecule has 0 aromatic heterocycles. The van der Waals surface area contributed by atoms with E-state index in [1.165, 1.54) is 33.5 Å². The average molecular weight is 457 g/mol. The van der Waals surface area contributed by atoms with E-state index in [0.717, 1.165) is 5.56 Å². The Morgan fingerprint density at radius 1 is 0.969 bits per heavy atom. The van der Waals surface area contributed by atoms with Crippen LogP contribution in [0.3, 0.4) is 0 Å². The number of rotatable bonds is 8. The number of amides is 1. The lowest BCUT2D eigenvalue weighted by molar-refractivity contribution is -0.115. The second kappa shape index (κ2) is 9.61. The number of carbonyl (C=O) groups is 1. The summed E-state index contributed by atoms with van der Waals surface area (Å²) in [5.41, 5.74) is 2.26. The zero-order valence-corrected chi connectivity index (χ0v) is 18.9. The number of methoxy groups -OCH3 is 3. The first kappa shape index (κ1) is 23.0. The third kappa shape index (κ3) is 4.94. The highest BCUT2D eigenvalue weighted by molar-refractivity contribution is 7.90. The Labute approximate surface area is 187 Å². The Hall–Kier alpha value is -3.72. The van der Waals surface area contributed by atoms with Crippen LogP contribution in [0.2, 0.25) is 0 Å². The molecule has 0 aliphatic heterocycles. The Morgan fingerprint density at radius 2 is 1.59 bits per heavy atom. The number of anilines is 1. The van der Waals surface area contributed by atoms with E-state index in [1.54, 1.807) is 48.7 Å². The fraction of sp³-hybridized carbons (Fsp3) is 0.174. The van der Waals surface area contributed by atoms with E-state index in [9.17, 15) is 13.2 Å². The molecule has 9 heteroatoms. The molecule has 2 aromatic carbocycles. The van der Waals surface area contributed by atoms with Gasteiger partial charge in [-0.15, -0.1) is 0 Å². The van der Waals surface area contributed by atoms with E-state index in [4.69, 9.17) is 14.2 Å². The van der Waals surface area contributed by atoms with Crippen molar-refractivity contribution in [3.05, 3.63) is 77.5 Å². The average Bonchev–Trinajstić information content (AvgIpc) is 3.25. The number of aryl methyl sites for hydroxylation is 1. The van der Waals surface area contributed by atoms with Gasteiger partial charge in [-0.2, -0.15) is 0 Å². The van der Waals surface area contributed by atoms with Crippen LogP contribution in [0.1, 0.15) is 5.56 Å². The topological polar surface area (TPSA) is 103 Å². The van der Waals surface area contributed by atoms with Gasteiger partial charge in [0.1, 0.15) is 0 Å². The molecule has 0 heterocycles. The maximum Gasteiger partial charge on any atom is 0.265 e. The molecule has 2 N–H and O–H groups in total. The number of benzene rings is 2. The highest BCUT2D eigenvalue weighted by Crippen LogP contribution is 2.40. The van der Waals surface area contributed by atoms with Crippen molar-refractivity contribution >= 4 is 21.6 Å². The van der Waals surface area contributed by atoms with E-state index < -0.39 is 15.9 Å². The monoisotopic (exact) mass is 456 g/mol.